The highest BCUT2D eigenvalue weighted by atomic mass is 19.1. The highest BCUT2D eigenvalue weighted by Crippen LogP contribution is 2.33. The van der Waals surface area contributed by atoms with Crippen LogP contribution >= 0.6 is 0 Å². The van der Waals surface area contributed by atoms with Crippen molar-refractivity contribution < 1.29 is 23.5 Å². The summed E-state index contributed by atoms with van der Waals surface area (Å²) in [5.41, 5.74) is 1.52. The molecule has 3 aromatic rings. The zero-order chi connectivity index (χ0) is 36.2. The number of nitrogens with zero attached hydrogens (tertiary/aromatic N) is 5. The second kappa shape index (κ2) is 15.8. The van der Waals surface area contributed by atoms with Crippen LogP contribution in [0.4, 0.5) is 9.18 Å². The van der Waals surface area contributed by atoms with Crippen LogP contribution in [0.3, 0.4) is 0 Å². The van der Waals surface area contributed by atoms with Gasteiger partial charge in [-0.15, -0.1) is 0 Å². The molecule has 0 saturated carbocycles. The molecular formula is C39H56FN5O4. The second-order valence-electron chi connectivity index (χ2n) is 15.4. The molecule has 268 valence electrons. The van der Waals surface area contributed by atoms with Gasteiger partial charge in [0.2, 0.25) is 0 Å². The number of hydrogen-bond acceptors (Lipinski definition) is 6. The zero-order valence-corrected chi connectivity index (χ0v) is 31.1. The minimum Gasteiger partial charge on any atom is -0.444 e. The molecule has 2 aromatic heterocycles. The van der Waals surface area contributed by atoms with Crippen LogP contribution in [-0.4, -0.2) is 92.4 Å². The Labute approximate surface area is 291 Å². The van der Waals surface area contributed by atoms with Gasteiger partial charge in [0, 0.05) is 61.0 Å². The summed E-state index contributed by atoms with van der Waals surface area (Å²) in [6.45, 7) is 20.1. The Bertz CT molecular complexity index is 1610. The fourth-order valence-electron chi connectivity index (χ4n) is 7.18. The molecule has 1 aliphatic heterocycles. The standard InChI is InChI=1S/C39H56FN5O4/c1-25(2)33(12-11-19-42(10)38(48)49-39(7,8)9)43-20-16-28(17-21-43)36(46)32-24-44(35-23-41-18-15-30(32)35)34-14-13-29(40)22-31(34)37(47)45(26(3)4)27(5)6/h13-15,18,22-28,33H,11-12,16-17,19-21H2,1-10H3/t33-/m1/s1. The monoisotopic (exact) mass is 677 g/mol. The van der Waals surface area contributed by atoms with Crippen molar-refractivity contribution in [1.82, 2.24) is 24.3 Å². The van der Waals surface area contributed by atoms with Crippen LogP contribution < -0.4 is 0 Å². The summed E-state index contributed by atoms with van der Waals surface area (Å²) < 4.78 is 22.0. The van der Waals surface area contributed by atoms with Gasteiger partial charge < -0.3 is 24.0 Å². The lowest BCUT2D eigenvalue weighted by atomic mass is 9.86. The topological polar surface area (TPSA) is 88.0 Å². The van der Waals surface area contributed by atoms with E-state index in [2.05, 4.69) is 23.7 Å². The summed E-state index contributed by atoms with van der Waals surface area (Å²) in [6.07, 6.45) is 8.18. The molecule has 0 N–H and O–H groups in total. The number of carbonyl (C=O) groups is 3. The number of halogens is 1. The smallest absolute Gasteiger partial charge is 0.410 e. The molecule has 49 heavy (non-hydrogen) atoms. The van der Waals surface area contributed by atoms with E-state index in [1.807, 2.05) is 59.1 Å². The number of ketones is 1. The van der Waals surface area contributed by atoms with Crippen LogP contribution in [0.2, 0.25) is 0 Å². The van der Waals surface area contributed by atoms with Gasteiger partial charge in [0.1, 0.15) is 11.4 Å². The van der Waals surface area contributed by atoms with Crippen LogP contribution in [0.25, 0.3) is 16.6 Å². The Morgan fingerprint density at radius 2 is 1.65 bits per heavy atom. The normalized spacial score (nSPS) is 15.3. The second-order valence-corrected chi connectivity index (χ2v) is 15.4. The first-order chi connectivity index (χ1) is 23.0. The molecule has 0 spiro atoms. The number of benzene rings is 1. The highest BCUT2D eigenvalue weighted by molar-refractivity contribution is 6.10. The molecule has 1 saturated heterocycles. The number of Topliss-reactive ketones (excluding diaryl/α,β-unsaturated/α-hetero) is 1. The van der Waals surface area contributed by atoms with Crippen molar-refractivity contribution in [2.75, 3.05) is 26.7 Å². The van der Waals surface area contributed by atoms with Crippen molar-refractivity contribution in [3.05, 3.63) is 59.8 Å². The Morgan fingerprint density at radius 3 is 2.24 bits per heavy atom. The molecule has 1 aromatic carbocycles. The SMILES string of the molecule is CC(C)[C@@H](CCCN(C)C(=O)OC(C)(C)C)N1CCC(C(=O)c2cn(-c3ccc(F)cc3C(=O)N(C(C)C)C(C)C)c3cnccc23)CC1. The number of pyridine rings is 1. The summed E-state index contributed by atoms with van der Waals surface area (Å²) in [6, 6.07) is 6.28. The van der Waals surface area contributed by atoms with Crippen LogP contribution in [0, 0.1) is 17.7 Å². The minimum absolute atomic E-state index is 0.0793. The highest BCUT2D eigenvalue weighted by Gasteiger charge is 2.33. The maximum atomic E-state index is 14.6. The zero-order valence-electron chi connectivity index (χ0n) is 31.1. The maximum Gasteiger partial charge on any atom is 0.410 e. The van der Waals surface area contributed by atoms with Crippen molar-refractivity contribution in [3.63, 3.8) is 0 Å². The van der Waals surface area contributed by atoms with Gasteiger partial charge in [0.25, 0.3) is 5.91 Å². The third-order valence-corrected chi connectivity index (χ3v) is 9.51. The molecule has 1 fully saturated rings. The molecule has 0 aliphatic carbocycles. The molecule has 0 unspecified atom stereocenters. The summed E-state index contributed by atoms with van der Waals surface area (Å²) in [5.74, 6) is -0.384. The molecule has 1 atom stereocenters. The van der Waals surface area contributed by atoms with Gasteiger partial charge in [-0.25, -0.2) is 9.18 Å². The lowest BCUT2D eigenvalue weighted by Crippen LogP contribution is -2.45. The molecule has 0 bridgehead atoms. The Morgan fingerprint density at radius 1 is 1.00 bits per heavy atom. The van der Waals surface area contributed by atoms with E-state index < -0.39 is 11.4 Å². The van der Waals surface area contributed by atoms with Gasteiger partial charge in [-0.05, 0) is 117 Å². The quantitative estimate of drug-likeness (QED) is 0.181. The number of rotatable bonds is 12. The summed E-state index contributed by atoms with van der Waals surface area (Å²) in [7, 11) is 1.78. The van der Waals surface area contributed by atoms with Gasteiger partial charge >= 0.3 is 6.09 Å². The largest absolute Gasteiger partial charge is 0.444 e. The molecule has 3 heterocycles. The van der Waals surface area contributed by atoms with Crippen molar-refractivity contribution in [2.24, 2.45) is 11.8 Å². The maximum absolute atomic E-state index is 14.6. The Balaban J connectivity index is 1.51. The van der Waals surface area contributed by atoms with Crippen molar-refractivity contribution >= 4 is 28.7 Å². The van der Waals surface area contributed by atoms with Gasteiger partial charge in [0.15, 0.2) is 5.78 Å². The summed E-state index contributed by atoms with van der Waals surface area (Å²) >= 11 is 0. The van der Waals surface area contributed by atoms with Crippen molar-refractivity contribution in [2.45, 2.75) is 112 Å². The predicted octanol–water partition coefficient (Wildman–Crippen LogP) is 7.99. The number of ether oxygens (including phenoxy) is 1. The number of amides is 2. The van der Waals surface area contributed by atoms with E-state index in [1.54, 1.807) is 41.5 Å². The van der Waals surface area contributed by atoms with Crippen LogP contribution in [0.5, 0.6) is 0 Å². The average molecular weight is 678 g/mol. The first-order valence-electron chi connectivity index (χ1n) is 17.8. The number of hydrogen-bond donors (Lipinski definition) is 0. The van der Waals surface area contributed by atoms with Crippen molar-refractivity contribution in [3.8, 4) is 5.69 Å². The van der Waals surface area contributed by atoms with E-state index in [9.17, 15) is 18.8 Å². The lowest BCUT2D eigenvalue weighted by molar-refractivity contribution is 0.0287. The van der Waals surface area contributed by atoms with Gasteiger partial charge in [0.05, 0.1) is 23.0 Å². The first kappa shape index (κ1) is 38.0. The third kappa shape index (κ3) is 9.07. The lowest BCUT2D eigenvalue weighted by Gasteiger charge is -2.39. The van der Waals surface area contributed by atoms with E-state index in [0.717, 1.165) is 44.2 Å². The fraction of sp³-hybridized carbons (Fsp3) is 0.590. The van der Waals surface area contributed by atoms with Gasteiger partial charge in [-0.1, -0.05) is 13.8 Å². The molecule has 1 aliphatic rings. The van der Waals surface area contributed by atoms with Gasteiger partial charge in [-0.3, -0.25) is 14.6 Å². The number of piperidine rings is 1. The van der Waals surface area contributed by atoms with E-state index in [1.165, 1.54) is 12.1 Å². The van der Waals surface area contributed by atoms with Crippen LogP contribution in [0.15, 0.2) is 42.9 Å². The predicted molar refractivity (Wildman–Crippen MR) is 193 cm³/mol. The van der Waals surface area contributed by atoms with Crippen LogP contribution in [0.1, 0.15) is 109 Å². The molecular weight excluding hydrogens is 621 g/mol. The summed E-state index contributed by atoms with van der Waals surface area (Å²) in [4.78, 5) is 50.7. The summed E-state index contributed by atoms with van der Waals surface area (Å²) in [5, 5.41) is 0.767. The molecule has 2 amide bonds. The van der Waals surface area contributed by atoms with Crippen LogP contribution in [-0.2, 0) is 4.74 Å². The molecule has 9 nitrogen and oxygen atoms in total. The molecule has 4 rings (SSSR count). The van der Waals surface area contributed by atoms with Gasteiger partial charge in [-0.2, -0.15) is 0 Å². The van der Waals surface area contributed by atoms with Crippen molar-refractivity contribution in [1.29, 1.82) is 0 Å². The van der Waals surface area contributed by atoms with E-state index in [-0.39, 0.29) is 41.3 Å². The Kier molecular flexibility index (Phi) is 12.3. The minimum atomic E-state index is -0.523. The third-order valence-electron chi connectivity index (χ3n) is 9.51. The Hall–Kier alpha value is -3.79. The average Bonchev–Trinajstić information content (AvgIpc) is 3.41. The number of fused-ring (bicyclic) bond motifs is 1. The fourth-order valence-corrected chi connectivity index (χ4v) is 7.18. The number of carbonyl (C=O) groups excluding carboxylic acids is 3. The number of likely N-dealkylation sites (tertiary alicyclic amines) is 1. The number of aromatic nitrogens is 2. The van der Waals surface area contributed by atoms with E-state index >= 15 is 0 Å². The van der Waals surface area contributed by atoms with E-state index in [0.29, 0.717) is 35.3 Å². The van der Waals surface area contributed by atoms with E-state index in [4.69, 9.17) is 4.74 Å². The molecule has 0 radical (unpaired) electrons. The first-order valence-corrected chi connectivity index (χ1v) is 17.8. The molecule has 10 heteroatoms.